The molecular weight excluding hydrogens is 174 g/mol. The molecule has 3 fully saturated rings. The summed E-state index contributed by atoms with van der Waals surface area (Å²) in [6, 6.07) is 0.728. The molecule has 2 aliphatic carbocycles. The van der Waals surface area contributed by atoms with Crippen molar-refractivity contribution < 1.29 is 5.11 Å². The number of likely N-dealkylation sites (tertiary alicyclic amines) is 1. The van der Waals surface area contributed by atoms with Gasteiger partial charge in [0.05, 0.1) is 6.10 Å². The average Bonchev–Trinajstić information content (AvgIpc) is 2.76. The molecule has 0 radical (unpaired) electrons. The van der Waals surface area contributed by atoms with E-state index in [1.165, 1.54) is 51.6 Å². The van der Waals surface area contributed by atoms with Crippen molar-refractivity contribution >= 4 is 0 Å². The Labute approximate surface area is 86.3 Å². The van der Waals surface area contributed by atoms with Gasteiger partial charge in [0.2, 0.25) is 0 Å². The van der Waals surface area contributed by atoms with Gasteiger partial charge in [-0.15, -0.1) is 0 Å². The molecule has 80 valence electrons. The van der Waals surface area contributed by atoms with E-state index in [2.05, 4.69) is 4.90 Å². The lowest BCUT2D eigenvalue weighted by Gasteiger charge is -2.39. The van der Waals surface area contributed by atoms with Crippen molar-refractivity contribution in [3.63, 3.8) is 0 Å². The van der Waals surface area contributed by atoms with Crippen LogP contribution in [0.4, 0.5) is 0 Å². The van der Waals surface area contributed by atoms with E-state index in [0.29, 0.717) is 11.8 Å². The van der Waals surface area contributed by atoms with Gasteiger partial charge >= 0.3 is 0 Å². The van der Waals surface area contributed by atoms with Crippen LogP contribution in [0, 0.1) is 11.8 Å². The molecule has 0 aromatic rings. The fraction of sp³-hybridized carbons (Fsp3) is 1.00. The predicted molar refractivity (Wildman–Crippen MR) is 56.0 cm³/mol. The molecule has 0 aromatic carbocycles. The second-order valence-corrected chi connectivity index (χ2v) is 5.38. The molecular formula is C12H21NO. The highest BCUT2D eigenvalue weighted by Crippen LogP contribution is 2.44. The minimum absolute atomic E-state index is 0.0364. The Hall–Kier alpha value is -0.0800. The van der Waals surface area contributed by atoms with Crippen molar-refractivity contribution in [2.24, 2.45) is 11.8 Å². The topological polar surface area (TPSA) is 23.5 Å². The Morgan fingerprint density at radius 3 is 2.43 bits per heavy atom. The highest BCUT2D eigenvalue weighted by molar-refractivity contribution is 4.98. The average molecular weight is 195 g/mol. The number of fused-ring (bicyclic) bond motifs is 2. The van der Waals surface area contributed by atoms with Crippen molar-refractivity contribution in [1.29, 1.82) is 0 Å². The van der Waals surface area contributed by atoms with Crippen LogP contribution in [0.2, 0.25) is 0 Å². The first-order chi connectivity index (χ1) is 6.86. The van der Waals surface area contributed by atoms with Crippen LogP contribution in [0.1, 0.15) is 38.5 Å². The summed E-state index contributed by atoms with van der Waals surface area (Å²) in [7, 11) is 0. The highest BCUT2D eigenvalue weighted by atomic mass is 16.3. The second-order valence-electron chi connectivity index (χ2n) is 5.38. The van der Waals surface area contributed by atoms with Crippen LogP contribution in [0.25, 0.3) is 0 Å². The Morgan fingerprint density at radius 2 is 1.64 bits per heavy atom. The largest absolute Gasteiger partial charge is 0.392 e. The van der Waals surface area contributed by atoms with E-state index in [-0.39, 0.29) is 6.10 Å². The minimum Gasteiger partial charge on any atom is -0.392 e. The van der Waals surface area contributed by atoms with E-state index >= 15 is 0 Å². The molecule has 0 amide bonds. The van der Waals surface area contributed by atoms with Gasteiger partial charge in [-0.3, -0.25) is 0 Å². The van der Waals surface area contributed by atoms with Gasteiger partial charge < -0.3 is 10.0 Å². The Bertz CT molecular complexity index is 212. The van der Waals surface area contributed by atoms with Crippen LogP contribution in [-0.4, -0.2) is 35.2 Å². The van der Waals surface area contributed by atoms with Gasteiger partial charge in [-0.05, 0) is 57.5 Å². The van der Waals surface area contributed by atoms with E-state index in [4.69, 9.17) is 0 Å². The number of aliphatic hydroxyl groups excluding tert-OH is 1. The third-order valence-electron chi connectivity index (χ3n) is 4.73. The smallest absolute Gasteiger partial charge is 0.0611 e. The molecule has 1 heterocycles. The Balaban J connectivity index is 1.73. The van der Waals surface area contributed by atoms with E-state index in [1.807, 2.05) is 0 Å². The first kappa shape index (κ1) is 9.17. The minimum atomic E-state index is 0.0364. The van der Waals surface area contributed by atoms with Gasteiger partial charge in [0.25, 0.3) is 0 Å². The number of hydrogen-bond donors (Lipinski definition) is 1. The number of hydrogen-bond acceptors (Lipinski definition) is 2. The lowest BCUT2D eigenvalue weighted by molar-refractivity contribution is 0.00634. The second kappa shape index (κ2) is 3.49. The molecule has 14 heavy (non-hydrogen) atoms. The van der Waals surface area contributed by atoms with Crippen molar-refractivity contribution in [2.75, 3.05) is 13.1 Å². The van der Waals surface area contributed by atoms with Gasteiger partial charge in [0.1, 0.15) is 0 Å². The summed E-state index contributed by atoms with van der Waals surface area (Å²) in [5, 5.41) is 10.1. The molecule has 2 heteroatoms. The molecule has 4 atom stereocenters. The molecule has 3 rings (SSSR count). The quantitative estimate of drug-likeness (QED) is 0.687. The summed E-state index contributed by atoms with van der Waals surface area (Å²) in [5.74, 6) is 1.27. The molecule has 2 bridgehead atoms. The molecule has 1 saturated heterocycles. The fourth-order valence-corrected chi connectivity index (χ4v) is 3.96. The Morgan fingerprint density at radius 1 is 0.929 bits per heavy atom. The Kier molecular flexibility index (Phi) is 2.29. The number of aliphatic hydroxyl groups is 1. The normalized spacial score (nSPS) is 48.6. The molecule has 2 nitrogen and oxygen atoms in total. The van der Waals surface area contributed by atoms with Gasteiger partial charge in [-0.1, -0.05) is 0 Å². The summed E-state index contributed by atoms with van der Waals surface area (Å²) < 4.78 is 0. The first-order valence-electron chi connectivity index (χ1n) is 6.28. The standard InChI is InChI=1S/C12H21NO/c14-12-9-3-5-10(12)11(6-4-9)13-7-1-2-8-13/h9-12,14H,1-8H2/t9-,10+,11-,12-/m0/s1. The van der Waals surface area contributed by atoms with E-state index < -0.39 is 0 Å². The maximum absolute atomic E-state index is 10.1. The molecule has 3 aliphatic rings. The zero-order chi connectivity index (χ0) is 9.54. The lowest BCUT2D eigenvalue weighted by atomic mass is 9.81. The zero-order valence-corrected chi connectivity index (χ0v) is 8.86. The number of rotatable bonds is 1. The van der Waals surface area contributed by atoms with E-state index in [9.17, 15) is 5.11 Å². The predicted octanol–water partition coefficient (Wildman–Crippen LogP) is 1.63. The molecule has 0 unspecified atom stereocenters. The van der Waals surface area contributed by atoms with Crippen molar-refractivity contribution in [1.82, 2.24) is 4.90 Å². The summed E-state index contributed by atoms with van der Waals surface area (Å²) in [5.41, 5.74) is 0. The van der Waals surface area contributed by atoms with Crippen LogP contribution in [-0.2, 0) is 0 Å². The van der Waals surface area contributed by atoms with Crippen LogP contribution >= 0.6 is 0 Å². The van der Waals surface area contributed by atoms with E-state index in [0.717, 1.165) is 6.04 Å². The summed E-state index contributed by atoms with van der Waals surface area (Å²) in [6.07, 6.45) is 7.99. The maximum Gasteiger partial charge on any atom is 0.0611 e. The zero-order valence-electron chi connectivity index (χ0n) is 8.86. The van der Waals surface area contributed by atoms with Crippen molar-refractivity contribution in [3.8, 4) is 0 Å². The third-order valence-corrected chi connectivity index (χ3v) is 4.73. The van der Waals surface area contributed by atoms with Crippen LogP contribution in [0.3, 0.4) is 0 Å². The molecule has 0 aromatic heterocycles. The fourth-order valence-electron chi connectivity index (χ4n) is 3.96. The van der Waals surface area contributed by atoms with Crippen LogP contribution in [0.5, 0.6) is 0 Å². The summed E-state index contributed by atoms with van der Waals surface area (Å²) in [6.45, 7) is 2.58. The van der Waals surface area contributed by atoms with Crippen LogP contribution in [0.15, 0.2) is 0 Å². The first-order valence-corrected chi connectivity index (χ1v) is 6.28. The molecule has 0 spiro atoms. The van der Waals surface area contributed by atoms with E-state index in [1.54, 1.807) is 0 Å². The third kappa shape index (κ3) is 1.31. The van der Waals surface area contributed by atoms with Gasteiger partial charge in [0.15, 0.2) is 0 Å². The number of nitrogens with zero attached hydrogens (tertiary/aromatic N) is 1. The van der Waals surface area contributed by atoms with Crippen molar-refractivity contribution in [3.05, 3.63) is 0 Å². The van der Waals surface area contributed by atoms with Crippen LogP contribution < -0.4 is 0 Å². The highest BCUT2D eigenvalue weighted by Gasteiger charge is 2.45. The molecule has 1 N–H and O–H groups in total. The van der Waals surface area contributed by atoms with Gasteiger partial charge in [-0.2, -0.15) is 0 Å². The lowest BCUT2D eigenvalue weighted by Crippen LogP contribution is -2.45. The summed E-state index contributed by atoms with van der Waals surface area (Å²) >= 11 is 0. The van der Waals surface area contributed by atoms with Gasteiger partial charge in [0, 0.05) is 12.0 Å². The van der Waals surface area contributed by atoms with Gasteiger partial charge in [-0.25, -0.2) is 0 Å². The summed E-state index contributed by atoms with van der Waals surface area (Å²) in [4.78, 5) is 2.65. The maximum atomic E-state index is 10.1. The molecule has 2 saturated carbocycles. The monoisotopic (exact) mass is 195 g/mol. The van der Waals surface area contributed by atoms with Crippen molar-refractivity contribution in [2.45, 2.75) is 50.7 Å². The SMILES string of the molecule is O[C@H]1[C@H]2CC[C@@H]1[C@@H](N1CCCC1)CC2. The molecule has 1 aliphatic heterocycles.